The Labute approximate surface area is 189 Å². The molecule has 0 aliphatic carbocycles. The van der Waals surface area contributed by atoms with Crippen LogP contribution in [0, 0.1) is 13.8 Å². The van der Waals surface area contributed by atoms with Gasteiger partial charge in [0.15, 0.2) is 0 Å². The minimum Gasteiger partial charge on any atom is -0.481 e. The van der Waals surface area contributed by atoms with Gasteiger partial charge in [-0.2, -0.15) is 0 Å². The van der Waals surface area contributed by atoms with Gasteiger partial charge in [-0.15, -0.1) is 0 Å². The molecule has 0 bridgehead atoms. The SMILES string of the molecule is CCN(Cc1cc(C)ccc1-c1cc(CC(=O)O)ccc1C)C(=O)NCc1ccccc1. The maximum absolute atomic E-state index is 12.9. The Morgan fingerprint density at radius 1 is 0.906 bits per heavy atom. The van der Waals surface area contributed by atoms with E-state index in [9.17, 15) is 14.7 Å². The lowest BCUT2D eigenvalue weighted by Crippen LogP contribution is -2.39. The highest BCUT2D eigenvalue weighted by Crippen LogP contribution is 2.30. The van der Waals surface area contributed by atoms with Gasteiger partial charge < -0.3 is 15.3 Å². The Morgan fingerprint density at radius 2 is 1.66 bits per heavy atom. The first-order chi connectivity index (χ1) is 15.4. The summed E-state index contributed by atoms with van der Waals surface area (Å²) in [6.45, 7) is 7.55. The Balaban J connectivity index is 1.85. The third-order valence-corrected chi connectivity index (χ3v) is 5.52. The molecule has 0 aliphatic rings. The van der Waals surface area contributed by atoms with Crippen molar-refractivity contribution in [3.05, 3.63) is 94.5 Å². The molecule has 32 heavy (non-hydrogen) atoms. The van der Waals surface area contributed by atoms with E-state index in [0.29, 0.717) is 19.6 Å². The summed E-state index contributed by atoms with van der Waals surface area (Å²) in [7, 11) is 0. The fourth-order valence-corrected chi connectivity index (χ4v) is 3.78. The van der Waals surface area contributed by atoms with Gasteiger partial charge in [-0.05, 0) is 54.2 Å². The molecule has 3 rings (SSSR count). The fraction of sp³-hybridized carbons (Fsp3) is 0.259. The lowest BCUT2D eigenvalue weighted by atomic mass is 9.92. The fourth-order valence-electron chi connectivity index (χ4n) is 3.78. The molecule has 3 aromatic rings. The minimum absolute atomic E-state index is 0.0164. The molecule has 5 nitrogen and oxygen atoms in total. The minimum atomic E-state index is -0.851. The maximum atomic E-state index is 12.9. The van der Waals surface area contributed by atoms with Crippen LogP contribution in [0.25, 0.3) is 11.1 Å². The number of hydrogen-bond donors (Lipinski definition) is 2. The van der Waals surface area contributed by atoms with Crippen LogP contribution >= 0.6 is 0 Å². The lowest BCUT2D eigenvalue weighted by molar-refractivity contribution is -0.136. The van der Waals surface area contributed by atoms with Crippen molar-refractivity contribution in [1.82, 2.24) is 10.2 Å². The summed E-state index contributed by atoms with van der Waals surface area (Å²) in [4.78, 5) is 25.9. The predicted octanol–water partition coefficient (Wildman–Crippen LogP) is 5.33. The van der Waals surface area contributed by atoms with Gasteiger partial charge >= 0.3 is 12.0 Å². The number of aryl methyl sites for hydroxylation is 2. The van der Waals surface area contributed by atoms with E-state index in [0.717, 1.165) is 38.9 Å². The summed E-state index contributed by atoms with van der Waals surface area (Å²) in [5.41, 5.74) is 7.06. The number of nitrogens with zero attached hydrogens (tertiary/aromatic N) is 1. The molecule has 0 fully saturated rings. The van der Waals surface area contributed by atoms with Crippen LogP contribution in [0.1, 0.15) is 34.7 Å². The Hall–Kier alpha value is -3.60. The molecule has 0 saturated heterocycles. The molecule has 0 aromatic heterocycles. The molecule has 0 atom stereocenters. The molecule has 0 aliphatic heterocycles. The number of urea groups is 1. The van der Waals surface area contributed by atoms with E-state index in [1.54, 1.807) is 4.90 Å². The van der Waals surface area contributed by atoms with Gasteiger partial charge in [0.25, 0.3) is 0 Å². The van der Waals surface area contributed by atoms with E-state index in [-0.39, 0.29) is 12.5 Å². The number of rotatable bonds is 8. The molecule has 0 unspecified atom stereocenters. The zero-order valence-electron chi connectivity index (χ0n) is 18.9. The largest absolute Gasteiger partial charge is 0.481 e. The number of benzene rings is 3. The van der Waals surface area contributed by atoms with Crippen molar-refractivity contribution < 1.29 is 14.7 Å². The number of nitrogens with one attached hydrogen (secondary N) is 1. The Bertz CT molecular complexity index is 1090. The van der Waals surface area contributed by atoms with Gasteiger partial charge in [-0.25, -0.2) is 4.79 Å². The van der Waals surface area contributed by atoms with Crippen molar-refractivity contribution in [2.24, 2.45) is 0 Å². The summed E-state index contributed by atoms with van der Waals surface area (Å²) in [6.07, 6.45) is -0.0164. The second-order valence-electron chi connectivity index (χ2n) is 8.04. The highest BCUT2D eigenvalue weighted by atomic mass is 16.4. The van der Waals surface area contributed by atoms with E-state index in [2.05, 4.69) is 17.4 Å². The van der Waals surface area contributed by atoms with Crippen molar-refractivity contribution in [2.75, 3.05) is 6.54 Å². The molecule has 2 amide bonds. The molecule has 0 spiro atoms. The highest BCUT2D eigenvalue weighted by molar-refractivity contribution is 5.77. The third-order valence-electron chi connectivity index (χ3n) is 5.52. The van der Waals surface area contributed by atoms with Gasteiger partial charge in [-0.1, -0.05) is 72.3 Å². The van der Waals surface area contributed by atoms with E-state index in [4.69, 9.17) is 0 Å². The average Bonchev–Trinajstić information content (AvgIpc) is 2.78. The predicted molar refractivity (Wildman–Crippen MR) is 127 cm³/mol. The van der Waals surface area contributed by atoms with Crippen molar-refractivity contribution in [1.29, 1.82) is 0 Å². The van der Waals surface area contributed by atoms with E-state index in [1.165, 1.54) is 0 Å². The molecule has 0 saturated carbocycles. The first-order valence-electron chi connectivity index (χ1n) is 10.8. The summed E-state index contributed by atoms with van der Waals surface area (Å²) < 4.78 is 0. The number of aliphatic carboxylic acids is 1. The number of carboxylic acids is 1. The van der Waals surface area contributed by atoms with Crippen molar-refractivity contribution in [3.8, 4) is 11.1 Å². The van der Waals surface area contributed by atoms with Crippen molar-refractivity contribution in [2.45, 2.75) is 40.3 Å². The van der Waals surface area contributed by atoms with Crippen LogP contribution in [0.3, 0.4) is 0 Å². The highest BCUT2D eigenvalue weighted by Gasteiger charge is 2.16. The van der Waals surface area contributed by atoms with Gasteiger partial charge in [0.2, 0.25) is 0 Å². The Kier molecular flexibility index (Phi) is 7.66. The zero-order chi connectivity index (χ0) is 23.1. The molecule has 2 N–H and O–H groups in total. The van der Waals surface area contributed by atoms with Crippen LogP contribution in [-0.4, -0.2) is 28.6 Å². The van der Waals surface area contributed by atoms with E-state index < -0.39 is 5.97 Å². The maximum Gasteiger partial charge on any atom is 0.317 e. The quantitative estimate of drug-likeness (QED) is 0.507. The van der Waals surface area contributed by atoms with E-state index >= 15 is 0 Å². The topological polar surface area (TPSA) is 69.6 Å². The summed E-state index contributed by atoms with van der Waals surface area (Å²) >= 11 is 0. The molecule has 3 aromatic carbocycles. The number of hydrogen-bond acceptors (Lipinski definition) is 2. The smallest absolute Gasteiger partial charge is 0.317 e. The zero-order valence-corrected chi connectivity index (χ0v) is 18.9. The van der Waals surface area contributed by atoms with Crippen LogP contribution in [0.15, 0.2) is 66.7 Å². The van der Waals surface area contributed by atoms with Crippen LogP contribution in [0.2, 0.25) is 0 Å². The summed E-state index contributed by atoms with van der Waals surface area (Å²) in [6, 6.07) is 21.7. The van der Waals surface area contributed by atoms with Crippen LogP contribution in [0.5, 0.6) is 0 Å². The lowest BCUT2D eigenvalue weighted by Gasteiger charge is -2.24. The monoisotopic (exact) mass is 430 g/mol. The summed E-state index contributed by atoms with van der Waals surface area (Å²) in [5, 5.41) is 12.2. The summed E-state index contributed by atoms with van der Waals surface area (Å²) in [5.74, 6) is -0.851. The van der Waals surface area contributed by atoms with E-state index in [1.807, 2.05) is 75.4 Å². The van der Waals surface area contributed by atoms with Gasteiger partial charge in [0, 0.05) is 19.6 Å². The molecular weight excluding hydrogens is 400 g/mol. The van der Waals surface area contributed by atoms with Crippen molar-refractivity contribution >= 4 is 12.0 Å². The number of amides is 2. The Morgan fingerprint density at radius 3 is 2.34 bits per heavy atom. The normalized spacial score (nSPS) is 10.6. The molecule has 0 heterocycles. The van der Waals surface area contributed by atoms with Gasteiger partial charge in [0.1, 0.15) is 0 Å². The van der Waals surface area contributed by atoms with Crippen molar-refractivity contribution in [3.63, 3.8) is 0 Å². The van der Waals surface area contributed by atoms with Crippen LogP contribution in [0.4, 0.5) is 4.79 Å². The molecule has 166 valence electrons. The number of carboxylic acid groups (broad SMARTS) is 1. The average molecular weight is 431 g/mol. The number of carbonyl (C=O) groups is 2. The molecule has 0 radical (unpaired) electrons. The standard InChI is InChI=1S/C27H30N2O3/c1-4-29(27(32)28-17-21-8-6-5-7-9-21)18-23-14-19(2)10-13-24(23)25-15-22(16-26(30)31)12-11-20(25)3/h5-15H,4,16-18H2,1-3H3,(H,28,32)(H,30,31). The first kappa shape index (κ1) is 23.1. The van der Waals surface area contributed by atoms with Crippen LogP contribution < -0.4 is 5.32 Å². The second kappa shape index (κ2) is 10.6. The molecule has 5 heteroatoms. The van der Waals surface area contributed by atoms with Crippen LogP contribution in [-0.2, 0) is 24.3 Å². The number of carbonyl (C=O) groups excluding carboxylic acids is 1. The first-order valence-corrected chi connectivity index (χ1v) is 10.8. The second-order valence-corrected chi connectivity index (χ2v) is 8.04. The van der Waals surface area contributed by atoms with Gasteiger partial charge in [0.05, 0.1) is 6.42 Å². The van der Waals surface area contributed by atoms with Gasteiger partial charge in [-0.3, -0.25) is 4.79 Å². The molecular formula is C27H30N2O3. The third kappa shape index (κ3) is 5.97.